The summed E-state index contributed by atoms with van der Waals surface area (Å²) in [6, 6.07) is 10.7. The number of nitrogens with one attached hydrogen (secondary N) is 1. The molecule has 0 atom stereocenters. The highest BCUT2D eigenvalue weighted by Gasteiger charge is 2.22. The van der Waals surface area contributed by atoms with Gasteiger partial charge >= 0.3 is 0 Å². The Kier molecular flexibility index (Phi) is 5.91. The summed E-state index contributed by atoms with van der Waals surface area (Å²) in [4.78, 5) is 12.6. The Hall–Kier alpha value is -2.67. The number of nitrogens with zero attached hydrogens (tertiary/aromatic N) is 2. The number of anilines is 2. The lowest BCUT2D eigenvalue weighted by Gasteiger charge is -2.34. The van der Waals surface area contributed by atoms with Crippen molar-refractivity contribution in [2.24, 2.45) is 0 Å². The standard InChI is InChI=1S/C19H22ClN3O4/c1-26-16-9-14(10-17(12-16)27-2)21-13-5-7-22(8-6-13)19-4-3-15(23(24)25)11-18(19)20/h3-4,9-13,21H,5-8H2,1-2H3. The Bertz CT molecular complexity index is 800. The lowest BCUT2D eigenvalue weighted by Crippen LogP contribution is -2.39. The first kappa shape index (κ1) is 19.1. The van der Waals surface area contributed by atoms with Gasteiger partial charge in [0.1, 0.15) is 11.5 Å². The lowest BCUT2D eigenvalue weighted by molar-refractivity contribution is -0.384. The van der Waals surface area contributed by atoms with Gasteiger partial charge in [0, 0.05) is 55.2 Å². The third-order valence-electron chi connectivity index (χ3n) is 4.70. The number of ether oxygens (including phenoxy) is 2. The van der Waals surface area contributed by atoms with Crippen molar-refractivity contribution in [1.29, 1.82) is 0 Å². The highest BCUT2D eigenvalue weighted by Crippen LogP contribution is 2.32. The van der Waals surface area contributed by atoms with Gasteiger partial charge in [-0.2, -0.15) is 0 Å². The van der Waals surface area contributed by atoms with Gasteiger partial charge in [-0.1, -0.05) is 11.6 Å². The summed E-state index contributed by atoms with van der Waals surface area (Å²) in [6.45, 7) is 1.63. The SMILES string of the molecule is COc1cc(NC2CCN(c3ccc([N+](=O)[O-])cc3Cl)CC2)cc(OC)c1. The molecule has 0 radical (unpaired) electrons. The first-order chi connectivity index (χ1) is 13.0. The molecule has 3 rings (SSSR count). The number of rotatable bonds is 6. The van der Waals surface area contributed by atoms with E-state index in [2.05, 4.69) is 10.2 Å². The predicted molar refractivity (Wildman–Crippen MR) is 107 cm³/mol. The van der Waals surface area contributed by atoms with Gasteiger partial charge in [-0.3, -0.25) is 10.1 Å². The second kappa shape index (κ2) is 8.35. The highest BCUT2D eigenvalue weighted by atomic mass is 35.5. The first-order valence-electron chi connectivity index (χ1n) is 8.68. The third kappa shape index (κ3) is 4.54. The van der Waals surface area contributed by atoms with E-state index in [-0.39, 0.29) is 5.69 Å². The monoisotopic (exact) mass is 391 g/mol. The summed E-state index contributed by atoms with van der Waals surface area (Å²) >= 11 is 6.25. The molecule has 0 unspecified atom stereocenters. The van der Waals surface area contributed by atoms with E-state index in [1.165, 1.54) is 12.1 Å². The summed E-state index contributed by atoms with van der Waals surface area (Å²) < 4.78 is 10.6. The van der Waals surface area contributed by atoms with Crippen LogP contribution in [0.2, 0.25) is 5.02 Å². The minimum Gasteiger partial charge on any atom is -0.497 e. The molecule has 2 aromatic rings. The minimum absolute atomic E-state index is 0.00674. The summed E-state index contributed by atoms with van der Waals surface area (Å²) in [6.07, 6.45) is 1.85. The third-order valence-corrected chi connectivity index (χ3v) is 5.00. The Morgan fingerprint density at radius 1 is 1.11 bits per heavy atom. The second-order valence-electron chi connectivity index (χ2n) is 6.40. The smallest absolute Gasteiger partial charge is 0.271 e. The second-order valence-corrected chi connectivity index (χ2v) is 6.81. The molecular formula is C19H22ClN3O4. The number of nitro benzene ring substituents is 1. The molecule has 0 aromatic heterocycles. The molecular weight excluding hydrogens is 370 g/mol. The number of hydrogen-bond acceptors (Lipinski definition) is 6. The van der Waals surface area contributed by atoms with E-state index in [1.54, 1.807) is 20.3 Å². The fraction of sp³-hybridized carbons (Fsp3) is 0.368. The van der Waals surface area contributed by atoms with Gasteiger partial charge < -0.3 is 19.7 Å². The zero-order valence-corrected chi connectivity index (χ0v) is 16.0. The number of methoxy groups -OCH3 is 2. The van der Waals surface area contributed by atoms with Gasteiger partial charge in [0.25, 0.3) is 5.69 Å². The zero-order valence-electron chi connectivity index (χ0n) is 15.3. The molecule has 1 aliphatic rings. The van der Waals surface area contributed by atoms with Gasteiger partial charge in [-0.15, -0.1) is 0 Å². The first-order valence-corrected chi connectivity index (χ1v) is 9.06. The summed E-state index contributed by atoms with van der Waals surface area (Å²) in [5.41, 5.74) is 1.80. The van der Waals surface area contributed by atoms with E-state index in [4.69, 9.17) is 21.1 Å². The van der Waals surface area contributed by atoms with Gasteiger partial charge in [-0.05, 0) is 18.9 Å². The molecule has 1 saturated heterocycles. The van der Waals surface area contributed by atoms with E-state index in [0.717, 1.165) is 48.8 Å². The molecule has 1 N–H and O–H groups in total. The maximum atomic E-state index is 10.9. The van der Waals surface area contributed by atoms with Crippen molar-refractivity contribution in [3.63, 3.8) is 0 Å². The number of hydrogen-bond donors (Lipinski definition) is 1. The molecule has 0 spiro atoms. The lowest BCUT2D eigenvalue weighted by atomic mass is 10.0. The zero-order chi connectivity index (χ0) is 19.4. The summed E-state index contributed by atoms with van der Waals surface area (Å²) in [5, 5.41) is 14.8. The molecule has 1 aliphatic heterocycles. The van der Waals surface area contributed by atoms with Crippen molar-refractivity contribution in [2.45, 2.75) is 18.9 Å². The summed E-state index contributed by atoms with van der Waals surface area (Å²) in [5.74, 6) is 1.49. The number of nitro groups is 1. The molecule has 0 aliphatic carbocycles. The average molecular weight is 392 g/mol. The van der Waals surface area contributed by atoms with Crippen molar-refractivity contribution in [2.75, 3.05) is 37.5 Å². The molecule has 27 heavy (non-hydrogen) atoms. The van der Waals surface area contributed by atoms with E-state index >= 15 is 0 Å². The minimum atomic E-state index is -0.436. The topological polar surface area (TPSA) is 76.9 Å². The van der Waals surface area contributed by atoms with Crippen LogP contribution in [-0.2, 0) is 0 Å². The van der Waals surface area contributed by atoms with E-state index < -0.39 is 4.92 Å². The number of halogens is 1. The molecule has 1 heterocycles. The number of benzene rings is 2. The van der Waals surface area contributed by atoms with Crippen LogP contribution in [0, 0.1) is 10.1 Å². The Labute approximate surface area is 163 Å². The van der Waals surface area contributed by atoms with Crippen LogP contribution in [0.25, 0.3) is 0 Å². The van der Waals surface area contributed by atoms with Crippen LogP contribution in [0.4, 0.5) is 17.1 Å². The van der Waals surface area contributed by atoms with Crippen LogP contribution in [0.15, 0.2) is 36.4 Å². The van der Waals surface area contributed by atoms with Crippen molar-refractivity contribution in [3.05, 3.63) is 51.5 Å². The Balaban J connectivity index is 1.63. The maximum Gasteiger partial charge on any atom is 0.271 e. The number of piperidine rings is 1. The largest absolute Gasteiger partial charge is 0.497 e. The fourth-order valence-electron chi connectivity index (χ4n) is 3.26. The molecule has 1 fully saturated rings. The van der Waals surface area contributed by atoms with E-state index in [9.17, 15) is 10.1 Å². The molecule has 8 heteroatoms. The molecule has 2 aromatic carbocycles. The van der Waals surface area contributed by atoms with Crippen molar-refractivity contribution in [1.82, 2.24) is 0 Å². The Morgan fingerprint density at radius 3 is 2.26 bits per heavy atom. The van der Waals surface area contributed by atoms with E-state index in [1.807, 2.05) is 18.2 Å². The van der Waals surface area contributed by atoms with E-state index in [0.29, 0.717) is 11.1 Å². The normalized spacial score (nSPS) is 14.7. The van der Waals surface area contributed by atoms with Crippen LogP contribution in [-0.4, -0.2) is 38.3 Å². The maximum absolute atomic E-state index is 10.9. The van der Waals surface area contributed by atoms with Crippen LogP contribution >= 0.6 is 11.6 Å². The van der Waals surface area contributed by atoms with Gasteiger partial charge in [-0.25, -0.2) is 0 Å². The quantitative estimate of drug-likeness (QED) is 0.582. The Morgan fingerprint density at radius 2 is 1.74 bits per heavy atom. The molecule has 0 amide bonds. The van der Waals surface area contributed by atoms with Crippen molar-refractivity contribution >= 4 is 28.7 Å². The van der Waals surface area contributed by atoms with Gasteiger partial charge in [0.05, 0.1) is 29.9 Å². The van der Waals surface area contributed by atoms with Gasteiger partial charge in [0.2, 0.25) is 0 Å². The average Bonchev–Trinajstić information content (AvgIpc) is 2.68. The van der Waals surface area contributed by atoms with Crippen LogP contribution in [0.1, 0.15) is 12.8 Å². The number of non-ortho nitro benzene ring substituents is 1. The van der Waals surface area contributed by atoms with Crippen molar-refractivity contribution in [3.8, 4) is 11.5 Å². The molecule has 7 nitrogen and oxygen atoms in total. The molecule has 0 bridgehead atoms. The van der Waals surface area contributed by atoms with Crippen LogP contribution in [0.3, 0.4) is 0 Å². The molecule has 0 saturated carbocycles. The summed E-state index contributed by atoms with van der Waals surface area (Å²) in [7, 11) is 3.26. The van der Waals surface area contributed by atoms with Gasteiger partial charge in [0.15, 0.2) is 0 Å². The van der Waals surface area contributed by atoms with Crippen molar-refractivity contribution < 1.29 is 14.4 Å². The highest BCUT2D eigenvalue weighted by molar-refractivity contribution is 6.33. The van der Waals surface area contributed by atoms with Crippen LogP contribution < -0.4 is 19.7 Å². The van der Waals surface area contributed by atoms with Crippen LogP contribution in [0.5, 0.6) is 11.5 Å². The predicted octanol–water partition coefficient (Wildman–Crippen LogP) is 4.35. The molecule has 144 valence electrons. The fourth-order valence-corrected chi connectivity index (χ4v) is 3.55.